The molecule has 1 aliphatic heterocycles. The predicted octanol–water partition coefficient (Wildman–Crippen LogP) is 1.99. The Kier molecular flexibility index (Phi) is 5.36. The molecule has 2 heterocycles. The Hall–Kier alpha value is -0.910. The molecular formula is C14H24FN3O. The Morgan fingerprint density at radius 2 is 2.32 bits per heavy atom. The number of hydrogen-bond acceptors (Lipinski definition) is 3. The summed E-state index contributed by atoms with van der Waals surface area (Å²) in [6.45, 7) is 2.45. The summed E-state index contributed by atoms with van der Waals surface area (Å²) in [5, 5.41) is 10.2. The maximum atomic E-state index is 13.4. The molecule has 1 fully saturated rings. The average molecular weight is 269 g/mol. The van der Waals surface area contributed by atoms with Gasteiger partial charge in [0.1, 0.15) is 5.82 Å². The van der Waals surface area contributed by atoms with E-state index in [1.807, 2.05) is 4.90 Å². The van der Waals surface area contributed by atoms with Crippen LogP contribution in [-0.2, 0) is 0 Å². The standard InChI is InChI=1S/C14H24FN3O/c15-12-5-8-17-13(12)14(19)18-9-6-11(10-18)4-2-1-3-7-16/h5,8,11,14,17,19H,1-4,6-7,9-10,16H2. The van der Waals surface area contributed by atoms with Crippen molar-refractivity contribution in [2.45, 2.75) is 38.3 Å². The number of likely N-dealkylation sites (tertiary alicyclic amines) is 1. The Bertz CT molecular complexity index is 383. The topological polar surface area (TPSA) is 65.3 Å². The highest BCUT2D eigenvalue weighted by Crippen LogP contribution is 2.28. The van der Waals surface area contributed by atoms with Crippen LogP contribution in [0.1, 0.15) is 44.0 Å². The van der Waals surface area contributed by atoms with Crippen LogP contribution in [0.4, 0.5) is 4.39 Å². The summed E-state index contributed by atoms with van der Waals surface area (Å²) in [6, 6.07) is 1.35. The highest BCUT2D eigenvalue weighted by molar-refractivity contribution is 5.10. The highest BCUT2D eigenvalue weighted by Gasteiger charge is 2.29. The second-order valence-corrected chi connectivity index (χ2v) is 5.40. The molecule has 1 aromatic heterocycles. The second-order valence-electron chi connectivity index (χ2n) is 5.40. The molecule has 2 unspecified atom stereocenters. The van der Waals surface area contributed by atoms with E-state index in [1.54, 1.807) is 0 Å². The summed E-state index contributed by atoms with van der Waals surface area (Å²) in [5.41, 5.74) is 5.75. The van der Waals surface area contributed by atoms with Crippen LogP contribution in [0.5, 0.6) is 0 Å². The number of hydrogen-bond donors (Lipinski definition) is 3. The van der Waals surface area contributed by atoms with Gasteiger partial charge in [-0.3, -0.25) is 4.90 Å². The van der Waals surface area contributed by atoms with Gasteiger partial charge in [-0.2, -0.15) is 0 Å². The van der Waals surface area contributed by atoms with Gasteiger partial charge in [0, 0.05) is 19.3 Å². The summed E-state index contributed by atoms with van der Waals surface area (Å²) in [7, 11) is 0. The third kappa shape index (κ3) is 3.78. The Morgan fingerprint density at radius 1 is 1.47 bits per heavy atom. The van der Waals surface area contributed by atoms with Crippen molar-refractivity contribution in [3.05, 3.63) is 23.8 Å². The maximum Gasteiger partial charge on any atom is 0.151 e. The van der Waals surface area contributed by atoms with Gasteiger partial charge in [-0.05, 0) is 37.8 Å². The Morgan fingerprint density at radius 3 is 3.00 bits per heavy atom. The van der Waals surface area contributed by atoms with E-state index >= 15 is 0 Å². The quantitative estimate of drug-likeness (QED) is 0.663. The molecular weight excluding hydrogens is 245 g/mol. The molecule has 2 atom stereocenters. The summed E-state index contributed by atoms with van der Waals surface area (Å²) < 4.78 is 13.4. The number of nitrogens with two attached hydrogens (primary N) is 1. The monoisotopic (exact) mass is 269 g/mol. The zero-order valence-electron chi connectivity index (χ0n) is 11.3. The van der Waals surface area contributed by atoms with Crippen molar-refractivity contribution in [3.8, 4) is 0 Å². The number of aliphatic hydroxyl groups excluding tert-OH is 1. The summed E-state index contributed by atoms with van der Waals surface area (Å²) in [4.78, 5) is 4.72. The van der Waals surface area contributed by atoms with Crippen LogP contribution < -0.4 is 5.73 Å². The Labute approximate surface area is 113 Å². The minimum absolute atomic E-state index is 0.281. The van der Waals surface area contributed by atoms with Crippen molar-refractivity contribution in [2.75, 3.05) is 19.6 Å². The lowest BCUT2D eigenvalue weighted by Gasteiger charge is -2.22. The molecule has 0 aliphatic carbocycles. The third-order valence-electron chi connectivity index (χ3n) is 3.96. The van der Waals surface area contributed by atoms with Gasteiger partial charge in [0.25, 0.3) is 0 Å². The molecule has 0 saturated carbocycles. The first-order chi connectivity index (χ1) is 9.22. The number of nitrogens with zero attached hydrogens (tertiary/aromatic N) is 1. The van der Waals surface area contributed by atoms with E-state index in [0.29, 0.717) is 5.92 Å². The van der Waals surface area contributed by atoms with E-state index in [0.717, 1.165) is 32.5 Å². The van der Waals surface area contributed by atoms with Crippen LogP contribution in [-0.4, -0.2) is 34.6 Å². The lowest BCUT2D eigenvalue weighted by molar-refractivity contribution is 0.0103. The molecule has 0 bridgehead atoms. The number of aliphatic hydroxyl groups is 1. The van der Waals surface area contributed by atoms with Crippen molar-refractivity contribution >= 4 is 0 Å². The Balaban J connectivity index is 1.77. The second kappa shape index (κ2) is 7.03. The van der Waals surface area contributed by atoms with E-state index in [9.17, 15) is 9.50 Å². The zero-order valence-corrected chi connectivity index (χ0v) is 11.3. The lowest BCUT2D eigenvalue weighted by Crippen LogP contribution is -2.27. The number of rotatable bonds is 7. The fourth-order valence-electron chi connectivity index (χ4n) is 2.82. The molecule has 19 heavy (non-hydrogen) atoms. The smallest absolute Gasteiger partial charge is 0.151 e. The number of H-pyrrole nitrogens is 1. The first-order valence-electron chi connectivity index (χ1n) is 7.17. The van der Waals surface area contributed by atoms with Crippen LogP contribution in [0.2, 0.25) is 0 Å². The molecule has 1 saturated heterocycles. The first kappa shape index (κ1) is 14.5. The maximum absolute atomic E-state index is 13.4. The van der Waals surface area contributed by atoms with E-state index in [1.165, 1.54) is 31.5 Å². The van der Waals surface area contributed by atoms with Crippen LogP contribution in [0.15, 0.2) is 12.3 Å². The number of halogens is 1. The molecule has 1 aromatic rings. The van der Waals surface area contributed by atoms with E-state index in [-0.39, 0.29) is 11.5 Å². The third-order valence-corrected chi connectivity index (χ3v) is 3.96. The molecule has 1 aliphatic rings. The average Bonchev–Trinajstić information content (AvgIpc) is 3.03. The first-order valence-corrected chi connectivity index (χ1v) is 7.17. The minimum Gasteiger partial charge on any atom is -0.372 e. The van der Waals surface area contributed by atoms with E-state index < -0.39 is 6.23 Å². The highest BCUT2D eigenvalue weighted by atomic mass is 19.1. The largest absolute Gasteiger partial charge is 0.372 e. The van der Waals surface area contributed by atoms with Crippen molar-refractivity contribution in [1.82, 2.24) is 9.88 Å². The van der Waals surface area contributed by atoms with Crippen LogP contribution in [0.25, 0.3) is 0 Å². The normalized spacial score (nSPS) is 21.9. The van der Waals surface area contributed by atoms with Gasteiger partial charge in [0.2, 0.25) is 0 Å². The van der Waals surface area contributed by atoms with Crippen molar-refractivity contribution in [3.63, 3.8) is 0 Å². The van der Waals surface area contributed by atoms with Gasteiger partial charge in [-0.1, -0.05) is 12.8 Å². The minimum atomic E-state index is -0.843. The summed E-state index contributed by atoms with van der Waals surface area (Å²) >= 11 is 0. The molecule has 4 nitrogen and oxygen atoms in total. The van der Waals surface area contributed by atoms with Gasteiger partial charge >= 0.3 is 0 Å². The molecule has 0 spiro atoms. The zero-order chi connectivity index (χ0) is 13.7. The van der Waals surface area contributed by atoms with Crippen molar-refractivity contribution in [1.29, 1.82) is 0 Å². The van der Waals surface area contributed by atoms with Gasteiger partial charge in [0.05, 0.1) is 5.69 Å². The number of aromatic nitrogens is 1. The molecule has 4 N–H and O–H groups in total. The SMILES string of the molecule is NCCCCCC1CCN(C(O)c2[nH]ccc2F)C1. The van der Waals surface area contributed by atoms with Gasteiger partial charge in [-0.25, -0.2) is 4.39 Å². The number of nitrogens with one attached hydrogen (secondary N) is 1. The number of unbranched alkanes of at least 4 members (excludes halogenated alkanes) is 2. The summed E-state index contributed by atoms with van der Waals surface area (Å²) in [5.74, 6) is 0.254. The van der Waals surface area contributed by atoms with Crippen LogP contribution >= 0.6 is 0 Å². The lowest BCUT2D eigenvalue weighted by atomic mass is 10.0. The van der Waals surface area contributed by atoms with E-state index in [4.69, 9.17) is 5.73 Å². The molecule has 108 valence electrons. The fourth-order valence-corrected chi connectivity index (χ4v) is 2.82. The van der Waals surface area contributed by atoms with E-state index in [2.05, 4.69) is 4.98 Å². The molecule has 2 rings (SSSR count). The molecule has 0 amide bonds. The van der Waals surface area contributed by atoms with Crippen molar-refractivity contribution < 1.29 is 9.50 Å². The van der Waals surface area contributed by atoms with Gasteiger partial charge in [-0.15, -0.1) is 0 Å². The fraction of sp³-hybridized carbons (Fsp3) is 0.714. The van der Waals surface area contributed by atoms with Gasteiger partial charge in [0.15, 0.2) is 6.23 Å². The predicted molar refractivity (Wildman–Crippen MR) is 72.9 cm³/mol. The van der Waals surface area contributed by atoms with Crippen molar-refractivity contribution in [2.24, 2.45) is 11.7 Å². The summed E-state index contributed by atoms with van der Waals surface area (Å²) in [6.07, 6.45) is 6.41. The van der Waals surface area contributed by atoms with Crippen LogP contribution in [0.3, 0.4) is 0 Å². The number of aromatic amines is 1. The molecule has 5 heteroatoms. The molecule has 0 aromatic carbocycles. The van der Waals surface area contributed by atoms with Crippen LogP contribution in [0, 0.1) is 11.7 Å². The van der Waals surface area contributed by atoms with Gasteiger partial charge < -0.3 is 15.8 Å². The molecule has 0 radical (unpaired) electrons.